The van der Waals surface area contributed by atoms with E-state index in [9.17, 15) is 28.2 Å². The number of aromatic nitrogens is 1. The normalized spacial score (nSPS) is 26.1. The van der Waals surface area contributed by atoms with Crippen LogP contribution in [0, 0.1) is 0 Å². The number of aliphatic hydroxyl groups excluding tert-OH is 2. The number of amides is 1. The van der Waals surface area contributed by atoms with Gasteiger partial charge in [0, 0.05) is 32.2 Å². The zero-order valence-corrected chi connectivity index (χ0v) is 18.5. The van der Waals surface area contributed by atoms with Gasteiger partial charge in [-0.2, -0.15) is 13.2 Å². The number of nitrogens with one attached hydrogen (secondary N) is 1. The highest BCUT2D eigenvalue weighted by molar-refractivity contribution is 5.68. The lowest BCUT2D eigenvalue weighted by atomic mass is 9.94. The van der Waals surface area contributed by atoms with Crippen LogP contribution in [0.1, 0.15) is 39.3 Å². The molecule has 0 spiro atoms. The van der Waals surface area contributed by atoms with Gasteiger partial charge >= 0.3 is 12.3 Å². The van der Waals surface area contributed by atoms with E-state index >= 15 is 0 Å². The fourth-order valence-electron chi connectivity index (χ4n) is 4.08. The first kappa shape index (κ1) is 24.5. The molecule has 0 bridgehead atoms. The Hall–Kier alpha value is -2.11. The highest BCUT2D eigenvalue weighted by Gasteiger charge is 2.39. The number of likely N-dealkylation sites (tertiary alicyclic amines) is 2. The second kappa shape index (κ2) is 9.40. The largest absolute Gasteiger partial charge is 0.444 e. The minimum Gasteiger partial charge on any atom is -0.444 e. The summed E-state index contributed by atoms with van der Waals surface area (Å²) in [4.78, 5) is 19.5. The summed E-state index contributed by atoms with van der Waals surface area (Å²) in [5, 5.41) is 23.6. The van der Waals surface area contributed by atoms with E-state index in [-0.39, 0.29) is 24.5 Å². The summed E-state index contributed by atoms with van der Waals surface area (Å²) in [5.74, 6) is -0.0160. The summed E-state index contributed by atoms with van der Waals surface area (Å²) in [6, 6.07) is 2.89. The Bertz CT molecular complexity index is 794. The molecule has 3 atom stereocenters. The van der Waals surface area contributed by atoms with Gasteiger partial charge in [0.25, 0.3) is 0 Å². The molecule has 2 fully saturated rings. The average Bonchev–Trinajstić information content (AvgIpc) is 2.70. The molecule has 180 valence electrons. The minimum atomic E-state index is -4.57. The smallest absolute Gasteiger partial charge is 0.433 e. The third kappa shape index (κ3) is 6.23. The van der Waals surface area contributed by atoms with Crippen LogP contribution < -0.4 is 5.32 Å². The van der Waals surface area contributed by atoms with Crippen molar-refractivity contribution in [1.82, 2.24) is 14.8 Å². The van der Waals surface area contributed by atoms with Gasteiger partial charge in [-0.15, -0.1) is 0 Å². The predicted molar refractivity (Wildman–Crippen MR) is 111 cm³/mol. The number of β-amino-alcohol motifs (C(OH)–C–C–N with tert-alkyl or cyclic N) is 1. The van der Waals surface area contributed by atoms with E-state index in [1.54, 1.807) is 4.90 Å². The maximum absolute atomic E-state index is 12.9. The lowest BCUT2D eigenvalue weighted by molar-refractivity contribution is -0.141. The van der Waals surface area contributed by atoms with E-state index in [0.717, 1.165) is 6.07 Å². The molecule has 2 aliphatic rings. The lowest BCUT2D eigenvalue weighted by Crippen LogP contribution is -2.61. The van der Waals surface area contributed by atoms with Crippen LogP contribution >= 0.6 is 0 Å². The van der Waals surface area contributed by atoms with Gasteiger partial charge in [0.1, 0.15) is 23.2 Å². The van der Waals surface area contributed by atoms with Crippen molar-refractivity contribution in [2.45, 2.75) is 69.7 Å². The van der Waals surface area contributed by atoms with Crippen LogP contribution in [0.5, 0.6) is 0 Å². The van der Waals surface area contributed by atoms with Crippen LogP contribution in [0.3, 0.4) is 0 Å². The molecule has 0 unspecified atom stereocenters. The highest BCUT2D eigenvalue weighted by Crippen LogP contribution is 2.29. The molecule has 0 saturated carbocycles. The Morgan fingerprint density at radius 2 is 1.81 bits per heavy atom. The van der Waals surface area contributed by atoms with Crippen molar-refractivity contribution in [2.24, 2.45) is 0 Å². The molecular weight excluding hydrogens is 429 g/mol. The number of rotatable bonds is 3. The molecule has 2 aliphatic heterocycles. The lowest BCUT2D eigenvalue weighted by Gasteiger charge is -2.45. The van der Waals surface area contributed by atoms with E-state index in [2.05, 4.69) is 10.3 Å². The molecule has 1 amide bonds. The number of hydrogen-bond donors (Lipinski definition) is 3. The molecule has 2 saturated heterocycles. The Labute approximate surface area is 185 Å². The number of piperidine rings is 2. The third-order valence-corrected chi connectivity index (χ3v) is 5.66. The summed E-state index contributed by atoms with van der Waals surface area (Å²) in [5.41, 5.74) is -1.60. The van der Waals surface area contributed by atoms with Crippen molar-refractivity contribution < 1.29 is 32.9 Å². The number of alkyl halides is 3. The van der Waals surface area contributed by atoms with E-state index in [0.29, 0.717) is 32.5 Å². The van der Waals surface area contributed by atoms with Crippen molar-refractivity contribution in [3.8, 4) is 0 Å². The molecule has 11 heteroatoms. The predicted octanol–water partition coefficient (Wildman–Crippen LogP) is 2.32. The molecule has 0 radical (unpaired) electrons. The first-order valence-electron chi connectivity index (χ1n) is 10.7. The Morgan fingerprint density at radius 3 is 2.41 bits per heavy atom. The molecule has 0 aliphatic carbocycles. The molecule has 3 N–H and O–H groups in total. The van der Waals surface area contributed by atoms with Crippen LogP contribution in [-0.4, -0.2) is 87.2 Å². The minimum absolute atomic E-state index is 0.0160. The molecule has 8 nitrogen and oxygen atoms in total. The molecular formula is C21H31F3N4O4. The number of halogens is 3. The SMILES string of the molecule is CC(C)(C)OC(=O)N1CCC(N2C[C@H](Nc3cccc(C(F)(F)F)n3)[C@@H](O)[C@@H](O)C2)CC1. The summed E-state index contributed by atoms with van der Waals surface area (Å²) in [7, 11) is 0. The number of carbonyl (C=O) groups excluding carboxylic acids is 1. The van der Waals surface area contributed by atoms with Crippen molar-refractivity contribution in [2.75, 3.05) is 31.5 Å². The first-order valence-corrected chi connectivity index (χ1v) is 10.7. The van der Waals surface area contributed by atoms with E-state index in [1.165, 1.54) is 12.1 Å². The van der Waals surface area contributed by atoms with Crippen LogP contribution in [0.2, 0.25) is 0 Å². The Kier molecular flexibility index (Phi) is 7.21. The fourth-order valence-corrected chi connectivity index (χ4v) is 4.08. The number of carbonyl (C=O) groups is 1. The number of hydrogen-bond acceptors (Lipinski definition) is 7. The zero-order valence-electron chi connectivity index (χ0n) is 18.5. The quantitative estimate of drug-likeness (QED) is 0.637. The highest BCUT2D eigenvalue weighted by atomic mass is 19.4. The number of aliphatic hydroxyl groups is 2. The standard InChI is InChI=1S/C21H31F3N4O4/c1-20(2,3)32-19(31)27-9-7-13(8-10-27)28-11-14(18(30)15(29)12-28)25-17-6-4-5-16(26-17)21(22,23)24/h4-6,13-15,18,29-30H,7-12H2,1-3H3,(H,25,26)/t14-,15-,18+/m0/s1. The Morgan fingerprint density at radius 1 is 1.16 bits per heavy atom. The van der Waals surface area contributed by atoms with Crippen LogP contribution in [0.4, 0.5) is 23.8 Å². The average molecular weight is 460 g/mol. The van der Waals surface area contributed by atoms with Crippen molar-refractivity contribution in [1.29, 1.82) is 0 Å². The van der Waals surface area contributed by atoms with Gasteiger partial charge in [0.15, 0.2) is 0 Å². The maximum Gasteiger partial charge on any atom is 0.433 e. The van der Waals surface area contributed by atoms with Gasteiger partial charge in [0.05, 0.1) is 12.1 Å². The summed E-state index contributed by atoms with van der Waals surface area (Å²) in [6.07, 6.45) is -5.82. The summed E-state index contributed by atoms with van der Waals surface area (Å²) in [6.45, 7) is 7.00. The molecule has 1 aromatic heterocycles. The van der Waals surface area contributed by atoms with E-state index in [1.807, 2.05) is 25.7 Å². The van der Waals surface area contributed by atoms with E-state index in [4.69, 9.17) is 4.74 Å². The fraction of sp³-hybridized carbons (Fsp3) is 0.714. The van der Waals surface area contributed by atoms with Gasteiger partial charge in [0.2, 0.25) is 0 Å². The first-order chi connectivity index (χ1) is 14.8. The summed E-state index contributed by atoms with van der Waals surface area (Å²) >= 11 is 0. The summed E-state index contributed by atoms with van der Waals surface area (Å²) < 4.78 is 44.2. The second-order valence-corrected chi connectivity index (χ2v) is 9.37. The zero-order chi connectivity index (χ0) is 23.7. The van der Waals surface area contributed by atoms with Gasteiger partial charge < -0.3 is 25.2 Å². The van der Waals surface area contributed by atoms with Gasteiger partial charge in [-0.3, -0.25) is 4.90 Å². The van der Waals surface area contributed by atoms with Crippen molar-refractivity contribution >= 4 is 11.9 Å². The van der Waals surface area contributed by atoms with Crippen LogP contribution in [-0.2, 0) is 10.9 Å². The van der Waals surface area contributed by atoms with Gasteiger partial charge in [-0.05, 0) is 45.7 Å². The topological polar surface area (TPSA) is 98.2 Å². The number of anilines is 1. The number of ether oxygens (including phenoxy) is 1. The van der Waals surface area contributed by atoms with Gasteiger partial charge in [-0.25, -0.2) is 9.78 Å². The van der Waals surface area contributed by atoms with E-state index < -0.39 is 35.7 Å². The monoisotopic (exact) mass is 460 g/mol. The van der Waals surface area contributed by atoms with Crippen LogP contribution in [0.25, 0.3) is 0 Å². The van der Waals surface area contributed by atoms with Crippen molar-refractivity contribution in [3.63, 3.8) is 0 Å². The Balaban J connectivity index is 1.61. The van der Waals surface area contributed by atoms with Gasteiger partial charge in [-0.1, -0.05) is 6.07 Å². The van der Waals surface area contributed by atoms with Crippen molar-refractivity contribution in [3.05, 3.63) is 23.9 Å². The third-order valence-electron chi connectivity index (χ3n) is 5.66. The molecule has 1 aromatic rings. The number of nitrogens with zero attached hydrogens (tertiary/aromatic N) is 3. The molecule has 3 rings (SSSR count). The second-order valence-electron chi connectivity index (χ2n) is 9.37. The molecule has 3 heterocycles. The number of pyridine rings is 1. The maximum atomic E-state index is 12.9. The molecule has 0 aromatic carbocycles. The van der Waals surface area contributed by atoms with Crippen LogP contribution in [0.15, 0.2) is 18.2 Å². The molecule has 32 heavy (non-hydrogen) atoms.